The molecule has 2 amide bonds. The van der Waals surface area contributed by atoms with E-state index < -0.39 is 0 Å². The Morgan fingerprint density at radius 1 is 1.08 bits per heavy atom. The molecule has 130 valence electrons. The molecule has 1 aromatic heterocycles. The molecule has 0 bridgehead atoms. The maximum Gasteiger partial charge on any atom is 0.257 e. The molecule has 4 rings (SSSR count). The third-order valence-corrected chi connectivity index (χ3v) is 5.40. The highest BCUT2D eigenvalue weighted by molar-refractivity contribution is 5.94. The molecule has 1 aromatic carbocycles. The lowest BCUT2D eigenvalue weighted by atomic mass is 9.94. The molecule has 5 nitrogen and oxygen atoms in total. The lowest BCUT2D eigenvalue weighted by molar-refractivity contribution is -0.124. The minimum absolute atomic E-state index is 0.00137. The predicted octanol–water partition coefficient (Wildman–Crippen LogP) is 2.73. The van der Waals surface area contributed by atoms with Gasteiger partial charge < -0.3 is 14.6 Å². The van der Waals surface area contributed by atoms with Crippen molar-refractivity contribution in [2.24, 2.45) is 0 Å². The summed E-state index contributed by atoms with van der Waals surface area (Å²) < 4.78 is 4.98. The Labute approximate surface area is 147 Å². The maximum absolute atomic E-state index is 12.8. The number of rotatable bonds is 4. The van der Waals surface area contributed by atoms with Crippen LogP contribution in [-0.2, 0) is 10.2 Å². The van der Waals surface area contributed by atoms with Crippen molar-refractivity contribution < 1.29 is 14.0 Å². The van der Waals surface area contributed by atoms with Crippen molar-refractivity contribution in [2.75, 3.05) is 13.1 Å². The van der Waals surface area contributed by atoms with Crippen LogP contribution >= 0.6 is 0 Å². The van der Waals surface area contributed by atoms with Crippen molar-refractivity contribution in [3.8, 4) is 0 Å². The average Bonchev–Trinajstić information content (AvgIpc) is 3.30. The van der Waals surface area contributed by atoms with Crippen molar-refractivity contribution in [3.63, 3.8) is 0 Å². The van der Waals surface area contributed by atoms with Gasteiger partial charge in [-0.2, -0.15) is 0 Å². The monoisotopic (exact) mass is 338 g/mol. The Hall–Kier alpha value is -2.56. The van der Waals surface area contributed by atoms with Crippen LogP contribution in [0.25, 0.3) is 0 Å². The summed E-state index contributed by atoms with van der Waals surface area (Å²) in [5.41, 5.74) is 1.37. The fourth-order valence-corrected chi connectivity index (χ4v) is 3.65. The Morgan fingerprint density at radius 2 is 1.80 bits per heavy atom. The molecule has 2 fully saturated rings. The van der Waals surface area contributed by atoms with Crippen LogP contribution in [0, 0.1) is 0 Å². The first kappa shape index (κ1) is 15.9. The Morgan fingerprint density at radius 3 is 2.40 bits per heavy atom. The van der Waals surface area contributed by atoms with Crippen LogP contribution in [0.5, 0.6) is 0 Å². The van der Waals surface area contributed by atoms with Gasteiger partial charge in [0.15, 0.2) is 0 Å². The molecule has 0 atom stereocenters. The molecule has 2 aromatic rings. The second-order valence-electron chi connectivity index (χ2n) is 7.00. The van der Waals surface area contributed by atoms with Crippen LogP contribution in [0.4, 0.5) is 0 Å². The van der Waals surface area contributed by atoms with Gasteiger partial charge in [-0.3, -0.25) is 9.59 Å². The Kier molecular flexibility index (Phi) is 4.07. The van der Waals surface area contributed by atoms with E-state index in [2.05, 4.69) is 5.32 Å². The predicted molar refractivity (Wildman–Crippen MR) is 93.1 cm³/mol. The second kappa shape index (κ2) is 6.39. The van der Waals surface area contributed by atoms with E-state index in [9.17, 15) is 9.59 Å². The highest BCUT2D eigenvalue weighted by atomic mass is 16.3. The van der Waals surface area contributed by atoms with Crippen LogP contribution in [-0.4, -0.2) is 35.8 Å². The number of nitrogens with zero attached hydrogens (tertiary/aromatic N) is 1. The van der Waals surface area contributed by atoms with E-state index in [4.69, 9.17) is 4.42 Å². The summed E-state index contributed by atoms with van der Waals surface area (Å²) in [4.78, 5) is 26.9. The molecule has 2 heterocycles. The fourth-order valence-electron chi connectivity index (χ4n) is 3.65. The van der Waals surface area contributed by atoms with Crippen LogP contribution < -0.4 is 5.32 Å². The number of benzene rings is 1. The minimum Gasteiger partial charge on any atom is -0.472 e. The largest absolute Gasteiger partial charge is 0.472 e. The van der Waals surface area contributed by atoms with Gasteiger partial charge in [0.05, 0.1) is 17.2 Å². The van der Waals surface area contributed by atoms with Crippen LogP contribution in [0.1, 0.15) is 41.6 Å². The third kappa shape index (κ3) is 3.06. The number of carbonyl (C=O) groups excluding carboxylic acids is 2. The Bertz CT molecular complexity index is 743. The summed E-state index contributed by atoms with van der Waals surface area (Å²) in [5, 5.41) is 3.22. The van der Waals surface area contributed by atoms with E-state index in [0.717, 1.165) is 31.2 Å². The summed E-state index contributed by atoms with van der Waals surface area (Å²) in [6.07, 6.45) is 6.41. The molecule has 1 aliphatic heterocycles. The van der Waals surface area contributed by atoms with E-state index in [1.54, 1.807) is 6.07 Å². The summed E-state index contributed by atoms with van der Waals surface area (Å²) in [7, 11) is 0. The van der Waals surface area contributed by atoms with Crippen molar-refractivity contribution in [1.82, 2.24) is 10.2 Å². The first-order valence-electron chi connectivity index (χ1n) is 8.87. The number of piperidine rings is 1. The van der Waals surface area contributed by atoms with E-state index >= 15 is 0 Å². The van der Waals surface area contributed by atoms with Crippen molar-refractivity contribution in [3.05, 3.63) is 60.1 Å². The molecule has 1 N–H and O–H groups in total. The van der Waals surface area contributed by atoms with Gasteiger partial charge in [0.2, 0.25) is 5.91 Å². The number of likely N-dealkylation sites (tertiary alicyclic amines) is 1. The molecule has 1 aliphatic carbocycles. The van der Waals surface area contributed by atoms with E-state index in [-0.39, 0.29) is 23.3 Å². The number of furan rings is 1. The van der Waals surface area contributed by atoms with Gasteiger partial charge in [-0.25, -0.2) is 0 Å². The van der Waals surface area contributed by atoms with E-state index in [0.29, 0.717) is 18.7 Å². The highest BCUT2D eigenvalue weighted by Gasteiger charge is 2.51. The topological polar surface area (TPSA) is 62.6 Å². The molecule has 1 saturated heterocycles. The van der Waals surface area contributed by atoms with Gasteiger partial charge >= 0.3 is 0 Å². The van der Waals surface area contributed by atoms with Gasteiger partial charge in [0, 0.05) is 19.1 Å². The fraction of sp³-hybridized carbons (Fsp3) is 0.400. The Balaban J connectivity index is 1.33. The van der Waals surface area contributed by atoms with Gasteiger partial charge in [0.1, 0.15) is 6.26 Å². The zero-order chi connectivity index (χ0) is 17.3. The molecule has 2 aliphatic rings. The quantitative estimate of drug-likeness (QED) is 0.932. The second-order valence-corrected chi connectivity index (χ2v) is 7.00. The first-order valence-corrected chi connectivity index (χ1v) is 8.87. The van der Waals surface area contributed by atoms with Gasteiger partial charge in [-0.05, 0) is 37.3 Å². The summed E-state index contributed by atoms with van der Waals surface area (Å²) in [6.45, 7) is 1.32. The minimum atomic E-state index is -0.328. The summed E-state index contributed by atoms with van der Waals surface area (Å²) in [5.74, 6) is 0.139. The van der Waals surface area contributed by atoms with Crippen molar-refractivity contribution in [2.45, 2.75) is 37.1 Å². The standard InChI is InChI=1S/C20H22N2O3/c23-18(15-8-13-25-14-15)22-11-6-17(7-12-22)21-19(24)20(9-10-20)16-4-2-1-3-5-16/h1-5,8,13-14,17H,6-7,9-12H2,(H,21,24). The van der Waals surface area contributed by atoms with Gasteiger partial charge in [0.25, 0.3) is 5.91 Å². The highest BCUT2D eigenvalue weighted by Crippen LogP contribution is 2.48. The first-order chi connectivity index (χ1) is 12.2. The SMILES string of the molecule is O=C(c1ccoc1)N1CCC(NC(=O)C2(c3ccccc3)CC2)CC1. The zero-order valence-corrected chi connectivity index (χ0v) is 14.1. The third-order valence-electron chi connectivity index (χ3n) is 5.40. The number of hydrogen-bond donors (Lipinski definition) is 1. The van der Waals surface area contributed by atoms with E-state index in [1.165, 1.54) is 12.5 Å². The molecule has 0 unspecified atom stereocenters. The lowest BCUT2D eigenvalue weighted by Crippen LogP contribution is -2.48. The molecular formula is C20H22N2O3. The molecule has 0 spiro atoms. The average molecular weight is 338 g/mol. The van der Waals surface area contributed by atoms with Crippen molar-refractivity contribution >= 4 is 11.8 Å². The number of hydrogen-bond acceptors (Lipinski definition) is 3. The zero-order valence-electron chi connectivity index (χ0n) is 14.1. The number of amides is 2. The maximum atomic E-state index is 12.8. The van der Waals surface area contributed by atoms with Gasteiger partial charge in [-0.1, -0.05) is 30.3 Å². The van der Waals surface area contributed by atoms with Crippen LogP contribution in [0.2, 0.25) is 0 Å². The molecule has 5 heteroatoms. The summed E-state index contributed by atoms with van der Waals surface area (Å²) >= 11 is 0. The molecular weight excluding hydrogens is 316 g/mol. The molecule has 25 heavy (non-hydrogen) atoms. The van der Waals surface area contributed by atoms with E-state index in [1.807, 2.05) is 35.2 Å². The van der Waals surface area contributed by atoms with Crippen LogP contribution in [0.3, 0.4) is 0 Å². The van der Waals surface area contributed by atoms with Crippen molar-refractivity contribution in [1.29, 1.82) is 0 Å². The molecule has 0 radical (unpaired) electrons. The van der Waals surface area contributed by atoms with Gasteiger partial charge in [-0.15, -0.1) is 0 Å². The van der Waals surface area contributed by atoms with Crippen LogP contribution in [0.15, 0.2) is 53.3 Å². The lowest BCUT2D eigenvalue weighted by Gasteiger charge is -2.33. The molecule has 1 saturated carbocycles. The normalized spacial score (nSPS) is 19.4. The smallest absolute Gasteiger partial charge is 0.257 e. The number of carbonyl (C=O) groups is 2. The summed E-state index contributed by atoms with van der Waals surface area (Å²) in [6, 6.07) is 11.9. The number of nitrogens with one attached hydrogen (secondary N) is 1.